The number of H-pyrrole nitrogens is 1. The maximum atomic E-state index is 12.8. The Morgan fingerprint density at radius 3 is 2.68 bits per heavy atom. The van der Waals surface area contributed by atoms with Gasteiger partial charge in [0.2, 0.25) is 0 Å². The van der Waals surface area contributed by atoms with Gasteiger partial charge in [0.15, 0.2) is 5.75 Å². The Balaban J connectivity index is 1.93. The van der Waals surface area contributed by atoms with Gasteiger partial charge in [-0.25, -0.2) is 0 Å². The van der Waals surface area contributed by atoms with Crippen molar-refractivity contribution in [2.75, 3.05) is 20.0 Å². The number of aromatic nitrogens is 3. The van der Waals surface area contributed by atoms with Crippen LogP contribution in [-0.4, -0.2) is 33.7 Å². The van der Waals surface area contributed by atoms with Crippen molar-refractivity contribution in [2.45, 2.75) is 24.8 Å². The molecule has 2 heterocycles. The Kier molecular flexibility index (Phi) is 4.73. The molecule has 0 saturated carbocycles. The second-order valence-corrected chi connectivity index (χ2v) is 7.02. The van der Waals surface area contributed by atoms with Crippen molar-refractivity contribution in [3.05, 3.63) is 35.2 Å². The average molecular weight is 360 g/mol. The molecule has 3 aromatic rings. The van der Waals surface area contributed by atoms with E-state index in [0.717, 1.165) is 16.9 Å². The summed E-state index contributed by atoms with van der Waals surface area (Å²) in [5, 5.41) is 0.357. The van der Waals surface area contributed by atoms with E-state index in [-0.39, 0.29) is 5.75 Å². The summed E-state index contributed by atoms with van der Waals surface area (Å²) in [4.78, 5) is 11.8. The number of aryl methyl sites for hydroxylation is 1. The van der Waals surface area contributed by atoms with Crippen molar-refractivity contribution in [2.24, 2.45) is 0 Å². The number of ether oxygens (including phenoxy) is 2. The summed E-state index contributed by atoms with van der Waals surface area (Å²) in [5.41, 5.74) is 10.3. The first-order valence-corrected chi connectivity index (χ1v) is 8.97. The molecule has 7 nitrogen and oxygen atoms in total. The van der Waals surface area contributed by atoms with Gasteiger partial charge in [-0.05, 0) is 26.0 Å². The highest BCUT2D eigenvalue weighted by Crippen LogP contribution is 2.31. The van der Waals surface area contributed by atoms with Gasteiger partial charge in [0.05, 0.1) is 25.4 Å². The fourth-order valence-corrected chi connectivity index (χ4v) is 3.84. The molecular formula is C17H20N4O3S. The van der Waals surface area contributed by atoms with E-state index in [1.807, 2.05) is 13.8 Å². The molecule has 8 heteroatoms. The summed E-state index contributed by atoms with van der Waals surface area (Å²) in [6, 6.07) is 3.55. The topological polar surface area (TPSA) is 109 Å². The van der Waals surface area contributed by atoms with Crippen LogP contribution in [0.25, 0.3) is 11.0 Å². The predicted molar refractivity (Wildman–Crippen MR) is 97.4 cm³/mol. The van der Waals surface area contributed by atoms with Crippen molar-refractivity contribution in [3.63, 3.8) is 0 Å². The lowest BCUT2D eigenvalue weighted by Crippen LogP contribution is -2.10. The molecule has 1 unspecified atom stereocenters. The van der Waals surface area contributed by atoms with Gasteiger partial charge in [-0.3, -0.25) is 9.97 Å². The number of benzene rings is 1. The number of hydrogen-bond acceptors (Lipinski definition) is 6. The molecule has 1 atom stereocenters. The van der Waals surface area contributed by atoms with Crippen LogP contribution in [0.15, 0.2) is 23.5 Å². The van der Waals surface area contributed by atoms with Crippen LogP contribution in [0.2, 0.25) is 0 Å². The Labute approximate surface area is 148 Å². The Bertz CT molecular complexity index is 926. The van der Waals surface area contributed by atoms with E-state index in [1.54, 1.807) is 32.5 Å². The number of hydrogen-bond donors (Lipinski definition) is 2. The zero-order valence-electron chi connectivity index (χ0n) is 14.5. The van der Waals surface area contributed by atoms with Gasteiger partial charge in [-0.1, -0.05) is 0 Å². The first kappa shape index (κ1) is 17.4. The van der Waals surface area contributed by atoms with E-state index in [0.29, 0.717) is 33.3 Å². The molecule has 0 aliphatic heterocycles. The molecular weight excluding hydrogens is 340 g/mol. The normalized spacial score (nSPS) is 12.4. The van der Waals surface area contributed by atoms with Gasteiger partial charge in [-0.15, -0.1) is 0 Å². The average Bonchev–Trinajstić information content (AvgIpc) is 3.03. The van der Waals surface area contributed by atoms with E-state index < -0.39 is 11.2 Å². The number of nitrogens with zero attached hydrogens (tertiary/aromatic N) is 2. The Hall–Kier alpha value is -2.45. The summed E-state index contributed by atoms with van der Waals surface area (Å²) in [5.74, 6) is 1.54. The van der Waals surface area contributed by atoms with Gasteiger partial charge in [0.1, 0.15) is 22.7 Å². The summed E-state index contributed by atoms with van der Waals surface area (Å²) in [7, 11) is 3.16. The number of imidazole rings is 1. The van der Waals surface area contributed by atoms with E-state index in [2.05, 4.69) is 15.0 Å². The fraction of sp³-hybridized carbons (Fsp3) is 0.294. The van der Waals surface area contributed by atoms with Gasteiger partial charge in [0.25, 0.3) is 0 Å². The van der Waals surface area contributed by atoms with Crippen LogP contribution in [0.1, 0.15) is 16.8 Å². The van der Waals surface area contributed by atoms with E-state index in [1.165, 1.54) is 0 Å². The Morgan fingerprint density at radius 1 is 1.24 bits per heavy atom. The first-order chi connectivity index (χ1) is 12.0. The molecule has 1 aromatic carbocycles. The largest absolute Gasteiger partial charge is 0.609 e. The minimum Gasteiger partial charge on any atom is -0.609 e. The quantitative estimate of drug-likeness (QED) is 0.534. The third-order valence-corrected chi connectivity index (χ3v) is 5.25. The number of nitrogen functional groups attached to an aromatic ring is 1. The molecule has 0 radical (unpaired) electrons. The molecule has 0 fully saturated rings. The van der Waals surface area contributed by atoms with Gasteiger partial charge in [-0.2, -0.15) is 4.98 Å². The molecule has 3 rings (SSSR count). The second-order valence-electron chi connectivity index (χ2n) is 5.66. The molecule has 0 aliphatic rings. The van der Waals surface area contributed by atoms with E-state index in [4.69, 9.17) is 15.2 Å². The van der Waals surface area contributed by atoms with Crippen LogP contribution in [-0.2, 0) is 16.9 Å². The van der Waals surface area contributed by atoms with Crippen molar-refractivity contribution in [1.29, 1.82) is 0 Å². The van der Waals surface area contributed by atoms with Crippen molar-refractivity contribution in [3.8, 4) is 11.5 Å². The molecule has 0 bridgehead atoms. The number of anilines is 1. The van der Waals surface area contributed by atoms with Crippen molar-refractivity contribution in [1.82, 2.24) is 15.0 Å². The van der Waals surface area contributed by atoms with Crippen molar-refractivity contribution < 1.29 is 14.0 Å². The molecule has 132 valence electrons. The van der Waals surface area contributed by atoms with E-state index >= 15 is 0 Å². The molecule has 0 amide bonds. The highest BCUT2D eigenvalue weighted by Gasteiger charge is 2.22. The van der Waals surface area contributed by atoms with Crippen LogP contribution >= 0.6 is 0 Å². The third kappa shape index (κ3) is 3.10. The monoisotopic (exact) mass is 360 g/mol. The molecule has 25 heavy (non-hydrogen) atoms. The molecule has 3 N–H and O–H groups in total. The van der Waals surface area contributed by atoms with Crippen molar-refractivity contribution >= 4 is 27.9 Å². The van der Waals surface area contributed by atoms with Crippen LogP contribution in [0.4, 0.5) is 5.69 Å². The SMILES string of the molecule is COc1ccc2[nH]c([S+]([O-])Cc3ncc(C)c(OC)c3C)nc2c1N. The molecule has 0 saturated heterocycles. The highest BCUT2D eigenvalue weighted by atomic mass is 32.2. The number of methoxy groups -OCH3 is 2. The van der Waals surface area contributed by atoms with Crippen LogP contribution in [0.5, 0.6) is 11.5 Å². The van der Waals surface area contributed by atoms with Gasteiger partial charge >= 0.3 is 5.16 Å². The molecule has 0 aliphatic carbocycles. The summed E-state index contributed by atoms with van der Waals surface area (Å²) in [6.07, 6.45) is 1.72. The van der Waals surface area contributed by atoms with Gasteiger partial charge in [0, 0.05) is 28.5 Å². The molecule has 2 aromatic heterocycles. The highest BCUT2D eigenvalue weighted by molar-refractivity contribution is 7.90. The van der Waals surface area contributed by atoms with Gasteiger partial charge < -0.3 is 19.8 Å². The summed E-state index contributed by atoms with van der Waals surface area (Å²) < 4.78 is 23.3. The Morgan fingerprint density at radius 2 is 2.00 bits per heavy atom. The lowest BCUT2D eigenvalue weighted by molar-refractivity contribution is 0.407. The molecule has 0 spiro atoms. The summed E-state index contributed by atoms with van der Waals surface area (Å²) >= 11 is -1.39. The maximum Gasteiger partial charge on any atom is 0.322 e. The minimum atomic E-state index is -1.39. The van der Waals surface area contributed by atoms with Crippen LogP contribution in [0, 0.1) is 13.8 Å². The standard InChI is InChI=1S/C17H20N4O3S/c1-9-7-19-12(10(2)16(9)24-4)8-25(22)17-20-11-5-6-13(23-3)14(18)15(11)21-17/h5-7H,8,18H2,1-4H3,(H,20,21). The number of nitrogens with two attached hydrogens (primary N) is 1. The maximum absolute atomic E-state index is 12.8. The van der Waals surface area contributed by atoms with Crippen LogP contribution < -0.4 is 15.2 Å². The first-order valence-electron chi connectivity index (χ1n) is 7.65. The second kappa shape index (κ2) is 6.81. The number of pyridine rings is 1. The predicted octanol–water partition coefficient (Wildman–Crippen LogP) is 2.48. The zero-order valence-corrected chi connectivity index (χ0v) is 15.4. The smallest absolute Gasteiger partial charge is 0.322 e. The minimum absolute atomic E-state index is 0.235. The number of aromatic amines is 1. The summed E-state index contributed by atoms with van der Waals surface area (Å²) in [6.45, 7) is 3.84. The van der Waals surface area contributed by atoms with Crippen LogP contribution in [0.3, 0.4) is 0 Å². The number of fused-ring (bicyclic) bond motifs is 1. The zero-order chi connectivity index (χ0) is 18.1. The lowest BCUT2D eigenvalue weighted by atomic mass is 10.1. The number of rotatable bonds is 5. The fourth-order valence-electron chi connectivity index (χ4n) is 2.75. The third-order valence-electron chi connectivity index (χ3n) is 4.09. The van der Waals surface area contributed by atoms with E-state index in [9.17, 15) is 4.55 Å². The lowest BCUT2D eigenvalue weighted by Gasteiger charge is -2.13. The number of nitrogens with one attached hydrogen (secondary N) is 1.